The number of hydrogen-bond acceptors (Lipinski definition) is 7. The van der Waals surface area contributed by atoms with E-state index in [9.17, 15) is 23.6 Å². The molecule has 2 amide bonds. The molecule has 0 unspecified atom stereocenters. The zero-order chi connectivity index (χ0) is 33.8. The van der Waals surface area contributed by atoms with Crippen molar-refractivity contribution in [3.63, 3.8) is 0 Å². The molecule has 3 heterocycles. The minimum Gasteiger partial charge on any atom is -0.404 e. The second kappa shape index (κ2) is 12.6. The largest absolute Gasteiger partial charge is 0.482 e. The highest BCUT2D eigenvalue weighted by atomic mass is 19.3. The van der Waals surface area contributed by atoms with Crippen molar-refractivity contribution in [2.45, 2.75) is 102 Å². The number of nitrogens with zero attached hydrogens (tertiary/aromatic N) is 3. The Morgan fingerprint density at radius 2 is 1.94 bits per heavy atom. The number of nitrogens with one attached hydrogen (secondary N) is 1. The second-order valence-corrected chi connectivity index (χ2v) is 15.5. The molecule has 9 nitrogen and oxygen atoms in total. The molecule has 47 heavy (non-hydrogen) atoms. The lowest BCUT2D eigenvalue weighted by Gasteiger charge is -2.64. The van der Waals surface area contributed by atoms with Gasteiger partial charge in [0.15, 0.2) is 0 Å². The number of halogens is 2. The Labute approximate surface area is 277 Å². The number of amides is 2. The monoisotopic (exact) mass is 652 g/mol. The lowest BCUT2D eigenvalue weighted by atomic mass is 9.43. The third kappa shape index (κ3) is 6.74. The van der Waals surface area contributed by atoms with E-state index in [-0.39, 0.29) is 62.1 Å². The van der Waals surface area contributed by atoms with Crippen LogP contribution in [0.2, 0.25) is 0 Å². The van der Waals surface area contributed by atoms with Crippen molar-refractivity contribution >= 4 is 18.9 Å². The van der Waals surface area contributed by atoms with E-state index >= 15 is 0 Å². The van der Waals surface area contributed by atoms with Gasteiger partial charge in [0.25, 0.3) is 11.8 Å². The van der Waals surface area contributed by atoms with Gasteiger partial charge in [0, 0.05) is 31.6 Å². The molecule has 3 saturated carbocycles. The number of benzene rings is 1. The number of morpholine rings is 1. The summed E-state index contributed by atoms with van der Waals surface area (Å²) in [5.41, 5.74) is -0.175. The summed E-state index contributed by atoms with van der Waals surface area (Å²) in [5.74, 6) is -2.95. The fourth-order valence-corrected chi connectivity index (χ4v) is 8.64. The highest BCUT2D eigenvalue weighted by Gasteiger charge is 2.68. The van der Waals surface area contributed by atoms with Crippen LogP contribution >= 0.6 is 0 Å². The van der Waals surface area contributed by atoms with Gasteiger partial charge in [-0.2, -0.15) is 5.26 Å². The quantitative estimate of drug-likeness (QED) is 0.243. The highest BCUT2D eigenvalue weighted by Crippen LogP contribution is 2.65. The zero-order valence-corrected chi connectivity index (χ0v) is 28.1. The molecule has 3 aliphatic carbocycles. The van der Waals surface area contributed by atoms with Crippen molar-refractivity contribution < 1.29 is 32.4 Å². The average molecular weight is 653 g/mol. The van der Waals surface area contributed by atoms with Gasteiger partial charge in [-0.1, -0.05) is 44.2 Å². The number of likely N-dealkylation sites (tertiary alicyclic amines) is 1. The summed E-state index contributed by atoms with van der Waals surface area (Å²) in [6.07, 6.45) is 3.26. The Morgan fingerprint density at radius 1 is 1.19 bits per heavy atom. The molecule has 6 atom stereocenters. The maximum Gasteiger partial charge on any atom is 0.482 e. The molecule has 0 aromatic heterocycles. The zero-order valence-electron chi connectivity index (χ0n) is 28.1. The standard InChI is InChI=1S/C35H47BF2N4O5/c1-32(2,42-12-11-35(37,38)22-42)19-24(20-39)31(44)41-13-14-45-26(21-41)18-30(43)40-29(15-23-9-7-6-8-10-23)36-46-28-17-25-16-27(33(25,3)4)34(28,5)47-36/h6-10,19,25-29H,11-18,21-22H2,1-5H3,(H,40,43)/b24-19+/t25-,26-,27-,28+,29-,34-/m0/s1. The normalized spacial score (nSPS) is 32.3. The molecule has 3 saturated heterocycles. The molecule has 2 bridgehead atoms. The maximum absolute atomic E-state index is 13.9. The van der Waals surface area contributed by atoms with E-state index in [1.807, 2.05) is 36.4 Å². The van der Waals surface area contributed by atoms with Gasteiger partial charge in [0.1, 0.15) is 11.6 Å². The number of carbonyl (C=O) groups excluding carboxylic acids is 2. The molecule has 0 spiro atoms. The van der Waals surface area contributed by atoms with Crippen molar-refractivity contribution in [3.8, 4) is 6.07 Å². The van der Waals surface area contributed by atoms with Crippen LogP contribution in [0, 0.1) is 28.6 Å². The first kappa shape index (κ1) is 34.0. The van der Waals surface area contributed by atoms with Gasteiger partial charge < -0.3 is 24.3 Å². The van der Waals surface area contributed by atoms with Gasteiger partial charge in [0.05, 0.1) is 43.3 Å². The van der Waals surface area contributed by atoms with Crippen molar-refractivity contribution in [3.05, 3.63) is 47.5 Å². The molecule has 1 aromatic carbocycles. The van der Waals surface area contributed by atoms with Gasteiger partial charge in [0.2, 0.25) is 5.91 Å². The Balaban J connectivity index is 1.10. The fraction of sp³-hybridized carbons (Fsp3) is 0.686. The summed E-state index contributed by atoms with van der Waals surface area (Å²) < 4.78 is 47.0. The lowest BCUT2D eigenvalue weighted by molar-refractivity contribution is -0.199. The summed E-state index contributed by atoms with van der Waals surface area (Å²) in [7, 11) is -0.600. The van der Waals surface area contributed by atoms with E-state index in [0.29, 0.717) is 18.3 Å². The van der Waals surface area contributed by atoms with E-state index in [1.165, 1.54) is 11.0 Å². The van der Waals surface area contributed by atoms with Crippen molar-refractivity contribution in [1.82, 2.24) is 15.1 Å². The molecule has 6 fully saturated rings. The molecular weight excluding hydrogens is 605 g/mol. The molecule has 1 N–H and O–H groups in total. The Morgan fingerprint density at radius 3 is 2.60 bits per heavy atom. The number of nitriles is 1. The molecule has 254 valence electrons. The number of ether oxygens (including phenoxy) is 1. The molecule has 1 aromatic rings. The Hall–Kier alpha value is -2.85. The maximum atomic E-state index is 13.9. The second-order valence-electron chi connectivity index (χ2n) is 15.5. The van der Waals surface area contributed by atoms with E-state index in [4.69, 9.17) is 14.0 Å². The predicted molar refractivity (Wildman–Crippen MR) is 172 cm³/mol. The van der Waals surface area contributed by atoms with E-state index in [2.05, 4.69) is 26.1 Å². The summed E-state index contributed by atoms with van der Waals surface area (Å²) in [6.45, 7) is 10.6. The first-order chi connectivity index (χ1) is 22.1. The molecule has 7 rings (SSSR count). The van der Waals surface area contributed by atoms with Crippen molar-refractivity contribution in [2.24, 2.45) is 17.3 Å². The van der Waals surface area contributed by atoms with Crippen LogP contribution in [0.25, 0.3) is 0 Å². The van der Waals surface area contributed by atoms with E-state index in [0.717, 1.165) is 18.4 Å². The Kier molecular flexibility index (Phi) is 9.09. The summed E-state index contributed by atoms with van der Waals surface area (Å²) in [5, 5.41) is 13.0. The minimum atomic E-state index is -2.79. The third-order valence-corrected chi connectivity index (χ3v) is 11.6. The van der Waals surface area contributed by atoms with Gasteiger partial charge >= 0.3 is 7.12 Å². The topological polar surface area (TPSA) is 104 Å². The smallest absolute Gasteiger partial charge is 0.404 e. The van der Waals surface area contributed by atoms with Gasteiger partial charge in [-0.05, 0) is 68.9 Å². The van der Waals surface area contributed by atoms with Crippen LogP contribution in [0.15, 0.2) is 42.0 Å². The van der Waals surface area contributed by atoms with E-state index in [1.54, 1.807) is 18.7 Å². The molecule has 12 heteroatoms. The average Bonchev–Trinajstić information content (AvgIpc) is 3.58. The van der Waals surface area contributed by atoms with Gasteiger partial charge in [-0.15, -0.1) is 0 Å². The first-order valence-electron chi connectivity index (χ1n) is 16.9. The van der Waals surface area contributed by atoms with Crippen LogP contribution in [-0.4, -0.2) is 96.7 Å². The van der Waals surface area contributed by atoms with Gasteiger partial charge in [-0.25, -0.2) is 8.78 Å². The number of rotatable bonds is 9. The highest BCUT2D eigenvalue weighted by molar-refractivity contribution is 6.48. The van der Waals surface area contributed by atoms with Crippen molar-refractivity contribution in [1.29, 1.82) is 5.26 Å². The van der Waals surface area contributed by atoms with E-state index < -0.39 is 48.7 Å². The van der Waals surface area contributed by atoms with Gasteiger partial charge in [-0.3, -0.25) is 14.5 Å². The molecular formula is C35H47BF2N4O5. The van der Waals surface area contributed by atoms with Crippen LogP contribution < -0.4 is 5.32 Å². The summed E-state index contributed by atoms with van der Waals surface area (Å²) in [6, 6.07) is 11.9. The van der Waals surface area contributed by atoms with Crippen LogP contribution in [0.5, 0.6) is 0 Å². The first-order valence-corrected chi connectivity index (χ1v) is 16.9. The summed E-state index contributed by atoms with van der Waals surface area (Å²) in [4.78, 5) is 30.1. The van der Waals surface area contributed by atoms with Crippen LogP contribution in [0.4, 0.5) is 8.78 Å². The Bertz CT molecular complexity index is 1430. The third-order valence-electron chi connectivity index (χ3n) is 11.6. The van der Waals surface area contributed by atoms with Crippen LogP contribution in [-0.2, 0) is 30.1 Å². The number of hydrogen-bond donors (Lipinski definition) is 1. The predicted octanol–water partition coefficient (Wildman–Crippen LogP) is 4.17. The molecule has 0 radical (unpaired) electrons. The number of alkyl halides is 2. The van der Waals surface area contributed by atoms with Crippen LogP contribution in [0.3, 0.4) is 0 Å². The van der Waals surface area contributed by atoms with Crippen molar-refractivity contribution in [2.75, 3.05) is 32.8 Å². The van der Waals surface area contributed by atoms with Crippen LogP contribution in [0.1, 0.15) is 65.9 Å². The summed E-state index contributed by atoms with van der Waals surface area (Å²) >= 11 is 0. The fourth-order valence-electron chi connectivity index (χ4n) is 8.64. The molecule has 6 aliphatic rings. The SMILES string of the molecule is CC1(C)[C@@H]2C[C@H]3OB([C@H](Cc4ccccc4)NC(=O)C[C@H]4CN(C(=O)/C(C#N)=C/C(C)(C)N5CCC(F)(F)C5)CCO4)O[C@@]3(C)[C@H]1C2. The lowest BCUT2D eigenvalue weighted by Crippen LogP contribution is -2.65. The number of carbonyl (C=O) groups is 2. The molecule has 3 aliphatic heterocycles. The minimum absolute atomic E-state index is 0.0141.